The molecule has 0 radical (unpaired) electrons. The summed E-state index contributed by atoms with van der Waals surface area (Å²) >= 11 is 0. The van der Waals surface area contributed by atoms with E-state index in [4.69, 9.17) is 4.42 Å². The molecule has 0 aliphatic carbocycles. The molecular formula is C52H33NO. The molecular weight excluding hydrogens is 655 g/mol. The summed E-state index contributed by atoms with van der Waals surface area (Å²) < 4.78 is 6.44. The van der Waals surface area contributed by atoms with Crippen LogP contribution in [0.15, 0.2) is 205 Å². The number of rotatable bonds is 5. The summed E-state index contributed by atoms with van der Waals surface area (Å²) in [4.78, 5) is 2.42. The maximum absolute atomic E-state index is 6.44. The second-order valence-electron chi connectivity index (χ2n) is 14.1. The third kappa shape index (κ3) is 4.88. The maximum atomic E-state index is 6.44. The van der Waals surface area contributed by atoms with Gasteiger partial charge in [-0.2, -0.15) is 0 Å². The Morgan fingerprint density at radius 2 is 0.889 bits per heavy atom. The summed E-state index contributed by atoms with van der Waals surface area (Å²) in [6, 6.07) is 72.4. The van der Waals surface area contributed by atoms with E-state index in [1.807, 2.05) is 0 Å². The Balaban J connectivity index is 1.11. The lowest BCUT2D eigenvalue weighted by Gasteiger charge is -2.29. The van der Waals surface area contributed by atoms with Crippen LogP contribution < -0.4 is 4.90 Å². The number of hydrogen-bond acceptors (Lipinski definition) is 2. The Morgan fingerprint density at radius 1 is 0.315 bits per heavy atom. The van der Waals surface area contributed by atoms with Gasteiger partial charge in [0.2, 0.25) is 0 Å². The number of fused-ring (bicyclic) bond motifs is 8. The minimum absolute atomic E-state index is 0.899. The summed E-state index contributed by atoms with van der Waals surface area (Å²) in [5.41, 5.74) is 9.82. The number of nitrogens with zero attached hydrogens (tertiary/aromatic N) is 1. The minimum Gasteiger partial charge on any atom is -0.456 e. The molecule has 0 amide bonds. The van der Waals surface area contributed by atoms with Crippen molar-refractivity contribution in [3.63, 3.8) is 0 Å². The fraction of sp³-hybridized carbons (Fsp3) is 0. The van der Waals surface area contributed by atoms with Crippen molar-refractivity contribution in [2.75, 3.05) is 4.90 Å². The highest BCUT2D eigenvalue weighted by Crippen LogP contribution is 2.45. The Labute approximate surface area is 312 Å². The van der Waals surface area contributed by atoms with Gasteiger partial charge < -0.3 is 9.32 Å². The van der Waals surface area contributed by atoms with Crippen molar-refractivity contribution in [2.45, 2.75) is 0 Å². The Bertz CT molecular complexity index is 3220. The van der Waals surface area contributed by atoms with E-state index in [0.29, 0.717) is 0 Å². The second-order valence-corrected chi connectivity index (χ2v) is 14.1. The molecule has 10 aromatic carbocycles. The molecule has 11 aromatic rings. The Morgan fingerprint density at radius 3 is 1.72 bits per heavy atom. The van der Waals surface area contributed by atoms with E-state index in [1.165, 1.54) is 54.2 Å². The van der Waals surface area contributed by atoms with Gasteiger partial charge in [0, 0.05) is 27.7 Å². The van der Waals surface area contributed by atoms with Gasteiger partial charge in [0.1, 0.15) is 11.2 Å². The van der Waals surface area contributed by atoms with Crippen LogP contribution in [0.1, 0.15) is 0 Å². The number of anilines is 3. The summed E-state index contributed by atoms with van der Waals surface area (Å²) in [7, 11) is 0. The zero-order valence-electron chi connectivity index (χ0n) is 29.4. The highest BCUT2D eigenvalue weighted by atomic mass is 16.3. The molecule has 0 fully saturated rings. The lowest BCUT2D eigenvalue weighted by molar-refractivity contribution is 0.669. The Kier molecular flexibility index (Phi) is 6.90. The molecule has 2 heteroatoms. The van der Waals surface area contributed by atoms with Crippen LogP contribution in [-0.4, -0.2) is 0 Å². The molecule has 11 rings (SSSR count). The first-order valence-corrected chi connectivity index (χ1v) is 18.5. The van der Waals surface area contributed by atoms with Crippen molar-refractivity contribution in [3.05, 3.63) is 200 Å². The van der Waals surface area contributed by atoms with Crippen molar-refractivity contribution >= 4 is 82.1 Å². The van der Waals surface area contributed by atoms with Gasteiger partial charge in [0.25, 0.3) is 0 Å². The van der Waals surface area contributed by atoms with E-state index in [9.17, 15) is 0 Å². The molecule has 0 bridgehead atoms. The number of para-hydroxylation sites is 1. The van der Waals surface area contributed by atoms with Crippen LogP contribution in [0, 0.1) is 0 Å². The summed E-state index contributed by atoms with van der Waals surface area (Å²) in [6.45, 7) is 0. The first kappa shape index (κ1) is 30.5. The van der Waals surface area contributed by atoms with Gasteiger partial charge >= 0.3 is 0 Å². The van der Waals surface area contributed by atoms with Gasteiger partial charge in [-0.25, -0.2) is 0 Å². The van der Waals surface area contributed by atoms with E-state index in [1.54, 1.807) is 0 Å². The van der Waals surface area contributed by atoms with Crippen molar-refractivity contribution in [1.82, 2.24) is 0 Å². The van der Waals surface area contributed by atoms with Crippen LogP contribution in [0.25, 0.3) is 87.3 Å². The molecule has 252 valence electrons. The molecule has 0 atom stereocenters. The van der Waals surface area contributed by atoms with Gasteiger partial charge in [0.05, 0.1) is 5.69 Å². The predicted molar refractivity (Wildman–Crippen MR) is 229 cm³/mol. The molecule has 2 nitrogen and oxygen atoms in total. The summed E-state index contributed by atoms with van der Waals surface area (Å²) in [6.07, 6.45) is 0. The average molecular weight is 688 g/mol. The van der Waals surface area contributed by atoms with Gasteiger partial charge in [0.15, 0.2) is 0 Å². The highest BCUT2D eigenvalue weighted by Gasteiger charge is 2.20. The molecule has 1 heterocycles. The number of hydrogen-bond donors (Lipinski definition) is 0. The van der Waals surface area contributed by atoms with E-state index in [-0.39, 0.29) is 0 Å². The lowest BCUT2D eigenvalue weighted by Crippen LogP contribution is -2.11. The van der Waals surface area contributed by atoms with E-state index >= 15 is 0 Å². The van der Waals surface area contributed by atoms with Gasteiger partial charge in [-0.3, -0.25) is 0 Å². The monoisotopic (exact) mass is 687 g/mol. The van der Waals surface area contributed by atoms with Crippen molar-refractivity contribution in [3.8, 4) is 22.3 Å². The second kappa shape index (κ2) is 12.2. The fourth-order valence-corrected chi connectivity index (χ4v) is 8.46. The number of furan rings is 1. The van der Waals surface area contributed by atoms with Crippen molar-refractivity contribution in [1.29, 1.82) is 0 Å². The van der Waals surface area contributed by atoms with Gasteiger partial charge in [-0.15, -0.1) is 0 Å². The van der Waals surface area contributed by atoms with Crippen LogP contribution in [-0.2, 0) is 0 Å². The summed E-state index contributed by atoms with van der Waals surface area (Å²) in [5, 5.41) is 12.1. The Hall–Kier alpha value is -7.16. The van der Waals surface area contributed by atoms with Gasteiger partial charge in [-0.05, 0) is 108 Å². The molecule has 0 saturated carbocycles. The van der Waals surface area contributed by atoms with Crippen LogP contribution in [0.4, 0.5) is 17.1 Å². The highest BCUT2D eigenvalue weighted by molar-refractivity contribution is 6.16. The molecule has 0 unspecified atom stereocenters. The normalized spacial score (nSPS) is 11.7. The first-order chi connectivity index (χ1) is 26.8. The number of benzene rings is 10. The van der Waals surface area contributed by atoms with Crippen molar-refractivity contribution in [2.24, 2.45) is 0 Å². The van der Waals surface area contributed by atoms with Crippen LogP contribution in [0.2, 0.25) is 0 Å². The zero-order chi connectivity index (χ0) is 35.6. The molecule has 0 spiro atoms. The molecule has 0 saturated heterocycles. The third-order valence-corrected chi connectivity index (χ3v) is 11.0. The van der Waals surface area contributed by atoms with E-state index in [2.05, 4.69) is 205 Å². The van der Waals surface area contributed by atoms with E-state index in [0.717, 1.165) is 50.1 Å². The fourth-order valence-electron chi connectivity index (χ4n) is 8.46. The van der Waals surface area contributed by atoms with E-state index < -0.39 is 0 Å². The third-order valence-electron chi connectivity index (χ3n) is 11.0. The standard InChI is InChI=1S/C52H33NO/c1-2-14-39-32-51-48(31-38(39)13-1)52-44(19-10-22-50(52)54-51)36-25-28-40(29-26-36)53(41-30-27-37-24-23-35-12-4-6-17-43(35)47(37)33-41)49-21-8-7-18-46(49)45-20-9-15-34-11-3-5-16-42(34)45/h1-33H. The zero-order valence-corrected chi connectivity index (χ0v) is 29.4. The van der Waals surface area contributed by atoms with Crippen LogP contribution in [0.3, 0.4) is 0 Å². The SMILES string of the molecule is c1ccc(N(c2ccc(-c3cccc4oc5cc6ccccc6cc5c34)cc2)c2ccc3ccc4ccccc4c3c2)c(-c2cccc3ccccc23)c1. The largest absolute Gasteiger partial charge is 0.456 e. The molecule has 0 aliphatic rings. The molecule has 0 N–H and O–H groups in total. The minimum atomic E-state index is 0.899. The van der Waals surface area contributed by atoms with Crippen molar-refractivity contribution < 1.29 is 4.42 Å². The summed E-state index contributed by atoms with van der Waals surface area (Å²) in [5.74, 6) is 0. The average Bonchev–Trinajstić information content (AvgIpc) is 3.60. The molecule has 0 aliphatic heterocycles. The first-order valence-electron chi connectivity index (χ1n) is 18.5. The van der Waals surface area contributed by atoms with Gasteiger partial charge in [-0.1, -0.05) is 152 Å². The maximum Gasteiger partial charge on any atom is 0.136 e. The smallest absolute Gasteiger partial charge is 0.136 e. The molecule has 54 heavy (non-hydrogen) atoms. The predicted octanol–water partition coefficient (Wildman–Crippen LogP) is 15.0. The molecule has 1 aromatic heterocycles. The topological polar surface area (TPSA) is 16.4 Å². The lowest BCUT2D eigenvalue weighted by atomic mass is 9.95. The van der Waals surface area contributed by atoms with Crippen LogP contribution in [0.5, 0.6) is 0 Å². The van der Waals surface area contributed by atoms with Crippen LogP contribution >= 0.6 is 0 Å². The quantitative estimate of drug-likeness (QED) is 0.168.